The molecule has 0 amide bonds. The lowest BCUT2D eigenvalue weighted by molar-refractivity contribution is 0.414. The molecule has 6 heteroatoms. The Bertz CT molecular complexity index is 1010. The van der Waals surface area contributed by atoms with Gasteiger partial charge in [0.05, 0.1) is 18.5 Å². The van der Waals surface area contributed by atoms with Crippen LogP contribution in [0, 0.1) is 5.92 Å². The number of thiophene rings is 1. The summed E-state index contributed by atoms with van der Waals surface area (Å²) >= 11 is 1.69. The van der Waals surface area contributed by atoms with Gasteiger partial charge in [-0.25, -0.2) is 4.98 Å². The largest absolute Gasteiger partial charge is 0.497 e. The Balaban J connectivity index is 1.55. The van der Waals surface area contributed by atoms with Crippen LogP contribution in [0.1, 0.15) is 48.1 Å². The lowest BCUT2D eigenvalue weighted by Gasteiger charge is -2.17. The van der Waals surface area contributed by atoms with Gasteiger partial charge in [0.2, 0.25) is 0 Å². The Morgan fingerprint density at radius 3 is 2.89 bits per heavy atom. The zero-order chi connectivity index (χ0) is 19.0. The van der Waals surface area contributed by atoms with Gasteiger partial charge in [0.1, 0.15) is 16.4 Å². The fourth-order valence-electron chi connectivity index (χ4n) is 3.68. The number of ether oxygens (including phenoxy) is 1. The number of rotatable bonds is 5. The first kappa shape index (κ1) is 18.2. The van der Waals surface area contributed by atoms with Gasteiger partial charge >= 0.3 is 0 Å². The van der Waals surface area contributed by atoms with E-state index in [1.54, 1.807) is 18.4 Å². The number of fused-ring (bicyclic) bond motifs is 3. The summed E-state index contributed by atoms with van der Waals surface area (Å²) in [6.07, 6.45) is 3.21. The fourth-order valence-corrected chi connectivity index (χ4v) is 5.07. The second-order valence-electron chi connectivity index (χ2n) is 7.43. The second-order valence-corrected chi connectivity index (χ2v) is 8.52. The van der Waals surface area contributed by atoms with E-state index in [1.807, 2.05) is 31.2 Å². The van der Waals surface area contributed by atoms with E-state index in [0.29, 0.717) is 18.3 Å². The van der Waals surface area contributed by atoms with Crippen LogP contribution in [-0.2, 0) is 19.4 Å². The van der Waals surface area contributed by atoms with Gasteiger partial charge in [0.25, 0.3) is 5.56 Å². The first-order valence-electron chi connectivity index (χ1n) is 9.46. The minimum absolute atomic E-state index is 0.000139. The minimum Gasteiger partial charge on any atom is -0.497 e. The molecule has 0 bridgehead atoms. The van der Waals surface area contributed by atoms with Gasteiger partial charge in [-0.2, -0.15) is 0 Å². The first-order chi connectivity index (χ1) is 13.0. The fraction of sp³-hybridized carbons (Fsp3) is 0.429. The number of aromatic nitrogens is 2. The number of hydrogen-bond acceptors (Lipinski definition) is 5. The standard InChI is InChI=1S/C21H25N3O2S/c1-12-4-9-16-17(10-12)27-21-18(16)20(25)23-19(24-21)13(2)22-11-14-5-7-15(26-3)8-6-14/h5-8,12-13,22H,4,9-11H2,1-3H3,(H,23,24,25)/t12-,13-/m0/s1. The number of nitrogens with zero attached hydrogens (tertiary/aromatic N) is 1. The number of nitrogens with one attached hydrogen (secondary N) is 2. The van der Waals surface area contributed by atoms with Crippen molar-refractivity contribution < 1.29 is 4.74 Å². The van der Waals surface area contributed by atoms with Crippen molar-refractivity contribution in [3.8, 4) is 5.75 Å². The van der Waals surface area contributed by atoms with Crippen molar-refractivity contribution in [2.24, 2.45) is 5.92 Å². The smallest absolute Gasteiger partial charge is 0.259 e. The molecule has 0 saturated heterocycles. The Morgan fingerprint density at radius 2 is 2.15 bits per heavy atom. The average molecular weight is 384 g/mol. The lowest BCUT2D eigenvalue weighted by Crippen LogP contribution is -2.23. The average Bonchev–Trinajstić information content (AvgIpc) is 3.04. The topological polar surface area (TPSA) is 67.0 Å². The van der Waals surface area contributed by atoms with E-state index < -0.39 is 0 Å². The number of aryl methyl sites for hydroxylation is 1. The summed E-state index contributed by atoms with van der Waals surface area (Å²) in [5.41, 5.74) is 2.39. The minimum atomic E-state index is -0.0396. The molecule has 0 fully saturated rings. The molecule has 2 aromatic heterocycles. The van der Waals surface area contributed by atoms with Crippen LogP contribution in [0.5, 0.6) is 5.75 Å². The molecule has 27 heavy (non-hydrogen) atoms. The van der Waals surface area contributed by atoms with E-state index in [-0.39, 0.29) is 11.6 Å². The molecule has 1 aromatic carbocycles. The SMILES string of the molecule is COc1ccc(CN[C@@H](C)c2nc3sc4c(c3c(=O)[nH]2)CC[C@H](C)C4)cc1. The molecule has 2 N–H and O–H groups in total. The molecule has 0 saturated carbocycles. The maximum atomic E-state index is 12.7. The third-order valence-corrected chi connectivity index (χ3v) is 6.51. The number of H-pyrrole nitrogens is 1. The Kier molecular flexibility index (Phi) is 5.02. The molecule has 0 spiro atoms. The summed E-state index contributed by atoms with van der Waals surface area (Å²) in [7, 11) is 1.66. The van der Waals surface area contributed by atoms with E-state index in [4.69, 9.17) is 9.72 Å². The third-order valence-electron chi connectivity index (χ3n) is 5.37. The summed E-state index contributed by atoms with van der Waals surface area (Å²) in [4.78, 5) is 22.8. The van der Waals surface area contributed by atoms with Gasteiger partial charge in [-0.3, -0.25) is 4.79 Å². The molecular weight excluding hydrogens is 358 g/mol. The molecule has 3 aromatic rings. The highest BCUT2D eigenvalue weighted by atomic mass is 32.1. The van der Waals surface area contributed by atoms with Crippen molar-refractivity contribution in [2.45, 2.75) is 45.7 Å². The normalized spacial score (nSPS) is 17.7. The summed E-state index contributed by atoms with van der Waals surface area (Å²) in [5, 5.41) is 4.26. The van der Waals surface area contributed by atoms with E-state index >= 15 is 0 Å². The predicted molar refractivity (Wildman–Crippen MR) is 110 cm³/mol. The Labute approximate surface area is 162 Å². The predicted octanol–water partition coefficient (Wildman–Crippen LogP) is 3.97. The van der Waals surface area contributed by atoms with Crippen LogP contribution >= 0.6 is 11.3 Å². The van der Waals surface area contributed by atoms with Crippen LogP contribution in [0.25, 0.3) is 10.2 Å². The van der Waals surface area contributed by atoms with Crippen molar-refractivity contribution >= 4 is 21.6 Å². The van der Waals surface area contributed by atoms with Crippen molar-refractivity contribution in [2.75, 3.05) is 7.11 Å². The summed E-state index contributed by atoms with van der Waals surface area (Å²) < 4.78 is 5.19. The Morgan fingerprint density at radius 1 is 1.37 bits per heavy atom. The van der Waals surface area contributed by atoms with Gasteiger partial charge < -0.3 is 15.0 Å². The maximum Gasteiger partial charge on any atom is 0.259 e. The molecule has 0 radical (unpaired) electrons. The molecule has 1 aliphatic rings. The molecule has 0 aliphatic heterocycles. The monoisotopic (exact) mass is 383 g/mol. The number of benzene rings is 1. The van der Waals surface area contributed by atoms with E-state index in [2.05, 4.69) is 17.2 Å². The van der Waals surface area contributed by atoms with Gasteiger partial charge in [0.15, 0.2) is 0 Å². The third kappa shape index (κ3) is 3.64. The van der Waals surface area contributed by atoms with Crippen LogP contribution in [0.4, 0.5) is 0 Å². The van der Waals surface area contributed by atoms with E-state index in [1.165, 1.54) is 10.4 Å². The second kappa shape index (κ2) is 7.44. The maximum absolute atomic E-state index is 12.7. The van der Waals surface area contributed by atoms with Crippen LogP contribution in [0.2, 0.25) is 0 Å². The van der Waals surface area contributed by atoms with Crippen molar-refractivity contribution in [1.82, 2.24) is 15.3 Å². The van der Waals surface area contributed by atoms with Crippen LogP contribution < -0.4 is 15.6 Å². The Hall–Kier alpha value is -2.18. The van der Waals surface area contributed by atoms with Crippen molar-refractivity contribution in [3.63, 3.8) is 0 Å². The highest BCUT2D eigenvalue weighted by molar-refractivity contribution is 7.18. The molecular formula is C21H25N3O2S. The zero-order valence-corrected chi connectivity index (χ0v) is 16.8. The van der Waals surface area contributed by atoms with Gasteiger partial charge in [-0.05, 0) is 55.4 Å². The molecule has 0 unspecified atom stereocenters. The van der Waals surface area contributed by atoms with Crippen LogP contribution in [0.15, 0.2) is 29.1 Å². The van der Waals surface area contributed by atoms with Crippen molar-refractivity contribution in [1.29, 1.82) is 0 Å². The number of hydrogen-bond donors (Lipinski definition) is 2. The van der Waals surface area contributed by atoms with Crippen molar-refractivity contribution in [3.05, 3.63) is 56.4 Å². The van der Waals surface area contributed by atoms with E-state index in [9.17, 15) is 4.79 Å². The zero-order valence-electron chi connectivity index (χ0n) is 16.0. The van der Waals surface area contributed by atoms with Crippen LogP contribution in [0.3, 0.4) is 0 Å². The highest BCUT2D eigenvalue weighted by Crippen LogP contribution is 2.35. The van der Waals surface area contributed by atoms with E-state index in [0.717, 1.165) is 40.8 Å². The van der Waals surface area contributed by atoms with Gasteiger partial charge in [-0.15, -0.1) is 11.3 Å². The lowest BCUT2D eigenvalue weighted by atomic mass is 9.89. The molecule has 4 rings (SSSR count). The molecule has 2 atom stereocenters. The summed E-state index contributed by atoms with van der Waals surface area (Å²) in [5.74, 6) is 2.24. The summed E-state index contributed by atoms with van der Waals surface area (Å²) in [6, 6.07) is 7.93. The highest BCUT2D eigenvalue weighted by Gasteiger charge is 2.23. The van der Waals surface area contributed by atoms with Gasteiger partial charge in [-0.1, -0.05) is 19.1 Å². The van der Waals surface area contributed by atoms with Crippen LogP contribution in [-0.4, -0.2) is 17.1 Å². The molecule has 142 valence electrons. The first-order valence-corrected chi connectivity index (χ1v) is 10.3. The molecule has 1 aliphatic carbocycles. The number of aromatic amines is 1. The summed E-state index contributed by atoms with van der Waals surface area (Å²) in [6.45, 7) is 5.01. The molecule has 2 heterocycles. The van der Waals surface area contributed by atoms with Gasteiger partial charge in [0, 0.05) is 11.4 Å². The number of methoxy groups -OCH3 is 1. The molecule has 5 nitrogen and oxygen atoms in total. The quantitative estimate of drug-likeness (QED) is 0.700.